The number of fused-ring (bicyclic) bond motifs is 1. The molecule has 1 amide bonds. The lowest BCUT2D eigenvalue weighted by Crippen LogP contribution is -2.32. The molecule has 0 fully saturated rings. The molecule has 4 aromatic rings. The van der Waals surface area contributed by atoms with Gasteiger partial charge in [0, 0.05) is 49.3 Å². The number of aromatic nitrogens is 5. The van der Waals surface area contributed by atoms with E-state index < -0.39 is 11.5 Å². The molecule has 0 aliphatic heterocycles. The fourth-order valence-corrected chi connectivity index (χ4v) is 3.97. The molecule has 202 valence electrons. The third-order valence-corrected chi connectivity index (χ3v) is 5.81. The van der Waals surface area contributed by atoms with Crippen LogP contribution < -0.4 is 10.9 Å². The lowest BCUT2D eigenvalue weighted by atomic mass is 10.1. The predicted octanol–water partition coefficient (Wildman–Crippen LogP) is 2.27. The predicted molar refractivity (Wildman–Crippen MR) is 147 cm³/mol. The molecule has 4 rings (SSSR count). The van der Waals surface area contributed by atoms with Gasteiger partial charge in [0.1, 0.15) is 0 Å². The van der Waals surface area contributed by atoms with Crippen LogP contribution in [-0.2, 0) is 18.3 Å². The molecular formula is C27H36N8O3. The maximum absolute atomic E-state index is 13.2. The number of anilines is 1. The molecule has 11 nitrogen and oxygen atoms in total. The Morgan fingerprint density at radius 3 is 2.76 bits per heavy atom. The molecule has 0 aliphatic rings. The Morgan fingerprint density at radius 2 is 2.05 bits per heavy atom. The van der Waals surface area contributed by atoms with E-state index >= 15 is 0 Å². The van der Waals surface area contributed by atoms with Crippen molar-refractivity contribution in [2.24, 2.45) is 12.0 Å². The monoisotopic (exact) mass is 520 g/mol. The molecule has 0 aliphatic carbocycles. The summed E-state index contributed by atoms with van der Waals surface area (Å²) in [6.07, 6.45) is 5.12. The minimum absolute atomic E-state index is 0.253. The lowest BCUT2D eigenvalue weighted by Gasteiger charge is -2.18. The van der Waals surface area contributed by atoms with Crippen molar-refractivity contribution in [3.8, 4) is 11.3 Å². The van der Waals surface area contributed by atoms with Gasteiger partial charge in [-0.2, -0.15) is 10.1 Å². The number of likely N-dealkylation sites (N-methyl/N-ethyl adjacent to an activating group) is 1. The number of imidazole rings is 1. The van der Waals surface area contributed by atoms with E-state index in [0.29, 0.717) is 36.6 Å². The van der Waals surface area contributed by atoms with Crippen molar-refractivity contribution in [1.29, 1.82) is 0 Å². The second-order valence-corrected chi connectivity index (χ2v) is 10.2. The molecule has 0 unspecified atom stereocenters. The number of aryl methyl sites for hydroxylation is 1. The van der Waals surface area contributed by atoms with E-state index in [1.807, 2.05) is 50.1 Å². The number of ether oxygens (including phenoxy) is 1. The van der Waals surface area contributed by atoms with Crippen LogP contribution in [0.1, 0.15) is 24.2 Å². The minimum Gasteiger partial charge on any atom is -0.389 e. The zero-order chi connectivity index (χ0) is 27.3. The van der Waals surface area contributed by atoms with Crippen molar-refractivity contribution >= 4 is 22.6 Å². The molecule has 0 saturated heterocycles. The molecule has 0 saturated carbocycles. The molecule has 0 radical (unpaired) electrons. The van der Waals surface area contributed by atoms with Gasteiger partial charge in [0.05, 0.1) is 48.3 Å². The Morgan fingerprint density at radius 1 is 1.24 bits per heavy atom. The molecule has 1 aromatic carbocycles. The second-order valence-electron chi connectivity index (χ2n) is 10.2. The third kappa shape index (κ3) is 7.15. The number of carbonyl (C=O) groups excluding carboxylic acids is 1. The van der Waals surface area contributed by atoms with E-state index in [-0.39, 0.29) is 6.54 Å². The number of pyridine rings is 1. The molecule has 11 heteroatoms. The molecule has 0 spiro atoms. The first-order valence-corrected chi connectivity index (χ1v) is 12.5. The van der Waals surface area contributed by atoms with Crippen LogP contribution in [0.3, 0.4) is 0 Å². The van der Waals surface area contributed by atoms with Gasteiger partial charge in [-0.05, 0) is 58.3 Å². The van der Waals surface area contributed by atoms with Crippen molar-refractivity contribution in [3.05, 3.63) is 60.1 Å². The van der Waals surface area contributed by atoms with Crippen LogP contribution in [0.15, 0.2) is 53.9 Å². The number of aliphatic hydroxyl groups is 1. The van der Waals surface area contributed by atoms with Crippen molar-refractivity contribution in [2.75, 3.05) is 45.7 Å². The largest absolute Gasteiger partial charge is 0.389 e. The number of amides is 1. The van der Waals surface area contributed by atoms with Gasteiger partial charge >= 0.3 is 0 Å². The second kappa shape index (κ2) is 11.7. The van der Waals surface area contributed by atoms with Crippen LogP contribution in [0.25, 0.3) is 22.3 Å². The summed E-state index contributed by atoms with van der Waals surface area (Å²) in [4.78, 5) is 27.3. The Balaban J connectivity index is 1.59. The van der Waals surface area contributed by atoms with E-state index in [2.05, 4.69) is 30.3 Å². The number of nitrogens with zero attached hydrogens (tertiary/aromatic N) is 6. The Labute approximate surface area is 221 Å². The highest BCUT2D eigenvalue weighted by Gasteiger charge is 2.18. The van der Waals surface area contributed by atoms with Gasteiger partial charge in [0.2, 0.25) is 5.62 Å². The molecule has 38 heavy (non-hydrogen) atoms. The van der Waals surface area contributed by atoms with E-state index in [1.165, 1.54) is 0 Å². The van der Waals surface area contributed by atoms with E-state index in [0.717, 1.165) is 28.8 Å². The van der Waals surface area contributed by atoms with E-state index in [1.54, 1.807) is 43.1 Å². The quantitative estimate of drug-likeness (QED) is 0.259. The summed E-state index contributed by atoms with van der Waals surface area (Å²) in [5.74, 6) is -0.415. The summed E-state index contributed by atoms with van der Waals surface area (Å²) in [7, 11) is 5.86. The SMILES string of the molecule is CN(C)CCOCCNc1ccc2c(c1)[nH]/c(=N\C(=O)c1ccnc(-c3cnn(C)c3)c1)n2CC(C)(C)O. The fraction of sp³-hybridized carbons (Fsp3) is 0.407. The van der Waals surface area contributed by atoms with Gasteiger partial charge < -0.3 is 29.6 Å². The highest BCUT2D eigenvalue weighted by molar-refractivity contribution is 5.95. The topological polar surface area (TPSA) is 126 Å². The molecule has 3 N–H and O–H groups in total. The van der Waals surface area contributed by atoms with E-state index in [4.69, 9.17) is 4.74 Å². The standard InChI is InChI=1S/C27H36N8O3/c1-27(2,37)18-35-24-7-6-21(28-10-12-38-13-11-33(3)4)15-23(24)31-26(35)32-25(36)19-8-9-29-22(14-19)20-16-30-34(5)17-20/h6-9,14-17,28,37H,10-13,18H2,1-5H3,(H,31,32,36). The highest BCUT2D eigenvalue weighted by atomic mass is 16.5. The van der Waals surface area contributed by atoms with Gasteiger partial charge in [0.15, 0.2) is 0 Å². The Bertz CT molecular complexity index is 1460. The smallest absolute Gasteiger partial charge is 0.280 e. The average Bonchev–Trinajstić information content (AvgIpc) is 3.43. The summed E-state index contributed by atoms with van der Waals surface area (Å²) >= 11 is 0. The summed E-state index contributed by atoms with van der Waals surface area (Å²) in [5, 5.41) is 18.1. The van der Waals surface area contributed by atoms with Gasteiger partial charge in [-0.3, -0.25) is 14.5 Å². The van der Waals surface area contributed by atoms with Gasteiger partial charge in [0.25, 0.3) is 5.91 Å². The van der Waals surface area contributed by atoms with Crippen molar-refractivity contribution in [2.45, 2.75) is 26.0 Å². The van der Waals surface area contributed by atoms with Crippen molar-refractivity contribution < 1.29 is 14.6 Å². The zero-order valence-corrected chi connectivity index (χ0v) is 22.6. The first-order chi connectivity index (χ1) is 18.1. The van der Waals surface area contributed by atoms with Gasteiger partial charge in [-0.1, -0.05) is 0 Å². The molecular weight excluding hydrogens is 484 g/mol. The third-order valence-electron chi connectivity index (χ3n) is 5.81. The number of benzene rings is 1. The van der Waals surface area contributed by atoms with Crippen LogP contribution in [0, 0.1) is 0 Å². The number of H-pyrrole nitrogens is 1. The number of carbonyl (C=O) groups is 1. The molecule has 0 atom stereocenters. The van der Waals surface area contributed by atoms with Crippen LogP contribution in [-0.4, -0.2) is 86.2 Å². The van der Waals surface area contributed by atoms with E-state index in [9.17, 15) is 9.90 Å². The fourth-order valence-electron chi connectivity index (χ4n) is 3.97. The summed E-state index contributed by atoms with van der Waals surface area (Å²) in [5.41, 5.74) is 3.74. The number of hydrogen-bond acceptors (Lipinski definition) is 7. The maximum Gasteiger partial charge on any atom is 0.280 e. The molecule has 3 heterocycles. The van der Waals surface area contributed by atoms with Crippen LogP contribution in [0.4, 0.5) is 5.69 Å². The van der Waals surface area contributed by atoms with Crippen LogP contribution in [0.5, 0.6) is 0 Å². The summed E-state index contributed by atoms with van der Waals surface area (Å²) < 4.78 is 9.16. The van der Waals surface area contributed by atoms with Crippen molar-refractivity contribution in [1.82, 2.24) is 29.2 Å². The zero-order valence-electron chi connectivity index (χ0n) is 22.6. The highest BCUT2D eigenvalue weighted by Crippen LogP contribution is 2.19. The Hall–Kier alpha value is -3.80. The number of nitrogens with one attached hydrogen (secondary N) is 2. The summed E-state index contributed by atoms with van der Waals surface area (Å²) in [6.45, 7) is 6.52. The van der Waals surface area contributed by atoms with Gasteiger partial charge in [-0.15, -0.1) is 0 Å². The Kier molecular flexibility index (Phi) is 8.40. The van der Waals surface area contributed by atoms with Crippen molar-refractivity contribution in [3.63, 3.8) is 0 Å². The number of aromatic amines is 1. The van der Waals surface area contributed by atoms with Crippen LogP contribution >= 0.6 is 0 Å². The number of rotatable bonds is 11. The normalized spacial score (nSPS) is 12.6. The first-order valence-electron chi connectivity index (χ1n) is 12.5. The first kappa shape index (κ1) is 27.2. The summed E-state index contributed by atoms with van der Waals surface area (Å²) in [6, 6.07) is 9.22. The molecule has 3 aromatic heterocycles. The van der Waals surface area contributed by atoms with Crippen LogP contribution in [0.2, 0.25) is 0 Å². The lowest BCUT2D eigenvalue weighted by molar-refractivity contribution is 0.0612. The number of hydrogen-bond donors (Lipinski definition) is 3. The minimum atomic E-state index is -1.02. The maximum atomic E-state index is 13.2. The average molecular weight is 521 g/mol. The van der Waals surface area contributed by atoms with Gasteiger partial charge in [-0.25, -0.2) is 0 Å². The molecule has 0 bridgehead atoms.